The summed E-state index contributed by atoms with van der Waals surface area (Å²) < 4.78 is 37.3. The maximum atomic E-state index is 14.9. The zero-order valence-corrected chi connectivity index (χ0v) is 19.6. The molecule has 2 aliphatic heterocycles. The van der Waals surface area contributed by atoms with E-state index in [0.717, 1.165) is 5.56 Å². The van der Waals surface area contributed by atoms with Gasteiger partial charge in [-0.15, -0.1) is 0 Å². The number of nitrogens with two attached hydrogens (primary N) is 1. The summed E-state index contributed by atoms with van der Waals surface area (Å²) in [6.07, 6.45) is -0.652. The topological polar surface area (TPSA) is 154 Å². The van der Waals surface area contributed by atoms with E-state index in [9.17, 15) is 14.3 Å². The van der Waals surface area contributed by atoms with Crippen molar-refractivity contribution in [2.75, 3.05) is 25.1 Å². The van der Waals surface area contributed by atoms with Crippen molar-refractivity contribution in [1.29, 1.82) is 0 Å². The van der Waals surface area contributed by atoms with Crippen molar-refractivity contribution in [3.8, 4) is 11.8 Å². The lowest BCUT2D eigenvalue weighted by molar-refractivity contribution is -0.119. The van der Waals surface area contributed by atoms with Crippen LogP contribution in [-0.2, 0) is 20.7 Å². The van der Waals surface area contributed by atoms with Crippen molar-refractivity contribution in [2.24, 2.45) is 5.73 Å². The molecule has 13 heteroatoms. The molecule has 2 fully saturated rings. The molecular weight excluding hydrogens is 497 g/mol. The van der Waals surface area contributed by atoms with Crippen LogP contribution in [0.15, 0.2) is 18.2 Å². The summed E-state index contributed by atoms with van der Waals surface area (Å²) in [5, 5.41) is 13.5. The smallest absolute Gasteiger partial charge is 0.296 e. The Morgan fingerprint density at radius 1 is 1.28 bits per heavy atom. The Morgan fingerprint density at radius 3 is 2.94 bits per heavy atom. The summed E-state index contributed by atoms with van der Waals surface area (Å²) in [4.78, 5) is 22.9. The Morgan fingerprint density at radius 2 is 2.11 bits per heavy atom. The molecule has 2 saturated heterocycles. The predicted octanol–water partition coefficient (Wildman–Crippen LogP) is 1.62. The molecule has 11 nitrogen and oxygen atoms in total. The average Bonchev–Trinajstić information content (AvgIpc) is 3.59. The van der Waals surface area contributed by atoms with Crippen LogP contribution in [0.3, 0.4) is 0 Å². The van der Waals surface area contributed by atoms with E-state index in [2.05, 4.69) is 20.3 Å². The van der Waals surface area contributed by atoms with Crippen LogP contribution in [0, 0.1) is 5.82 Å². The summed E-state index contributed by atoms with van der Waals surface area (Å²) >= 11 is 6.47. The number of primary amides is 1. The van der Waals surface area contributed by atoms with Crippen LogP contribution < -0.4 is 20.5 Å². The van der Waals surface area contributed by atoms with E-state index in [1.807, 2.05) is 0 Å². The molecule has 2 aromatic heterocycles. The van der Waals surface area contributed by atoms with Gasteiger partial charge in [0, 0.05) is 11.6 Å². The van der Waals surface area contributed by atoms with Crippen LogP contribution in [0.4, 0.5) is 10.2 Å². The first-order valence-electron chi connectivity index (χ1n) is 11.5. The van der Waals surface area contributed by atoms with E-state index < -0.39 is 30.0 Å². The number of aliphatic hydroxyl groups excluding tert-OH is 1. The number of carbonyl (C=O) groups is 1. The number of fused-ring (bicyclic) bond motifs is 3. The molecule has 0 radical (unpaired) electrons. The van der Waals surface area contributed by atoms with Crippen molar-refractivity contribution in [2.45, 2.75) is 43.3 Å². The number of pyridine rings is 1. The van der Waals surface area contributed by atoms with Crippen LogP contribution in [0.1, 0.15) is 23.6 Å². The van der Waals surface area contributed by atoms with Gasteiger partial charge in [0.15, 0.2) is 18.4 Å². The number of ether oxygens (including phenoxy) is 4. The third-order valence-corrected chi connectivity index (χ3v) is 6.87. The third kappa shape index (κ3) is 4.19. The van der Waals surface area contributed by atoms with Gasteiger partial charge in [-0.3, -0.25) is 4.79 Å². The fourth-order valence-electron chi connectivity index (χ4n) is 4.98. The number of halogens is 2. The van der Waals surface area contributed by atoms with Gasteiger partial charge in [0.05, 0.1) is 29.8 Å². The molecule has 1 unspecified atom stereocenters. The normalized spacial score (nSPS) is 26.7. The second kappa shape index (κ2) is 9.04. The number of carbonyl (C=O) groups excluding carboxylic acids is 1. The second-order valence-corrected chi connectivity index (χ2v) is 9.43. The molecule has 3 aliphatic rings. The summed E-state index contributed by atoms with van der Waals surface area (Å²) in [6, 6.07) is 4.49. The lowest BCUT2D eigenvalue weighted by Crippen LogP contribution is -2.34. The van der Waals surface area contributed by atoms with Gasteiger partial charge in [-0.1, -0.05) is 11.6 Å². The third-order valence-electron chi connectivity index (χ3n) is 6.58. The molecule has 1 aliphatic carbocycles. The minimum Gasteiger partial charge on any atom is -0.484 e. The number of aliphatic hydroxyl groups is 1. The number of imidazole rings is 1. The van der Waals surface area contributed by atoms with Crippen molar-refractivity contribution in [3.63, 3.8) is 0 Å². The molecule has 4 heterocycles. The van der Waals surface area contributed by atoms with Gasteiger partial charge in [-0.25, -0.2) is 9.37 Å². The minimum absolute atomic E-state index is 0.202. The number of aryl methyl sites for hydroxylation is 1. The molecule has 1 aromatic carbocycles. The van der Waals surface area contributed by atoms with E-state index in [1.54, 1.807) is 12.1 Å². The van der Waals surface area contributed by atoms with Gasteiger partial charge in [-0.05, 0) is 30.5 Å². The number of H-pyrrole nitrogens is 1. The van der Waals surface area contributed by atoms with E-state index >= 15 is 0 Å². The van der Waals surface area contributed by atoms with Crippen molar-refractivity contribution < 1.29 is 33.2 Å². The van der Waals surface area contributed by atoms with Gasteiger partial charge < -0.3 is 40.1 Å². The number of benzene rings is 1. The summed E-state index contributed by atoms with van der Waals surface area (Å²) in [6.45, 7) is 0.152. The Bertz CT molecular complexity index is 1340. The zero-order chi connectivity index (χ0) is 25.0. The number of aromatic nitrogens is 3. The highest BCUT2D eigenvalue weighted by molar-refractivity contribution is 6.33. The number of amides is 1. The van der Waals surface area contributed by atoms with Gasteiger partial charge in [0.25, 0.3) is 11.9 Å². The van der Waals surface area contributed by atoms with Crippen LogP contribution in [0.2, 0.25) is 5.02 Å². The first-order valence-corrected chi connectivity index (χ1v) is 11.9. The molecule has 0 spiro atoms. The highest BCUT2D eigenvalue weighted by Gasteiger charge is 2.48. The molecule has 0 bridgehead atoms. The molecule has 1 amide bonds. The van der Waals surface area contributed by atoms with Gasteiger partial charge in [-0.2, -0.15) is 4.98 Å². The molecule has 190 valence electrons. The molecule has 3 aromatic rings. The molecule has 6 rings (SSSR count). The lowest BCUT2D eigenvalue weighted by atomic mass is 10.1. The first kappa shape index (κ1) is 23.2. The van der Waals surface area contributed by atoms with Gasteiger partial charge in [0.1, 0.15) is 35.7 Å². The quantitative estimate of drug-likeness (QED) is 0.364. The lowest BCUT2D eigenvalue weighted by Gasteiger charge is -2.17. The number of anilines is 1. The Kier molecular flexibility index (Phi) is 5.83. The molecule has 5 atom stereocenters. The fraction of sp³-hybridized carbons (Fsp3) is 0.435. The van der Waals surface area contributed by atoms with Crippen LogP contribution in [0.5, 0.6) is 11.8 Å². The van der Waals surface area contributed by atoms with E-state index in [1.165, 1.54) is 6.07 Å². The molecule has 0 saturated carbocycles. The Labute approximate surface area is 209 Å². The number of nitrogens with zero attached hydrogens (tertiary/aromatic N) is 2. The standard InChI is InChI=1S/C23H23ClFN5O6/c24-11-5-14-22(30-23(28-14)36-16-7-35-19-15(31)6-34-20(16)19)29-21(11)27-13-2-1-9-3-10(33-8-17(26)32)4-12(25)18(9)13/h3-5,13,15-16,19-20,31H,1-2,6-8H2,(H2,26,32)(H2,27,28,29,30)/t13?,15-,16-,19-,20-/m1/s1. The fourth-order valence-corrected chi connectivity index (χ4v) is 5.18. The van der Waals surface area contributed by atoms with Crippen LogP contribution >= 0.6 is 11.6 Å². The highest BCUT2D eigenvalue weighted by Crippen LogP contribution is 2.39. The number of hydrogen-bond donors (Lipinski definition) is 4. The van der Waals surface area contributed by atoms with Crippen LogP contribution in [0.25, 0.3) is 11.2 Å². The van der Waals surface area contributed by atoms with E-state index in [0.29, 0.717) is 40.4 Å². The number of rotatable bonds is 7. The molecule has 5 N–H and O–H groups in total. The summed E-state index contributed by atoms with van der Waals surface area (Å²) in [5.74, 6) is -0.472. The monoisotopic (exact) mass is 519 g/mol. The first-order chi connectivity index (χ1) is 17.4. The number of nitrogens with one attached hydrogen (secondary N) is 2. The highest BCUT2D eigenvalue weighted by atomic mass is 35.5. The van der Waals surface area contributed by atoms with Gasteiger partial charge >= 0.3 is 0 Å². The largest absolute Gasteiger partial charge is 0.484 e. The van der Waals surface area contributed by atoms with E-state index in [-0.39, 0.29) is 43.7 Å². The molecule has 36 heavy (non-hydrogen) atoms. The Hall–Kier alpha value is -3.19. The number of aromatic amines is 1. The predicted molar refractivity (Wildman–Crippen MR) is 125 cm³/mol. The second-order valence-electron chi connectivity index (χ2n) is 9.02. The van der Waals surface area contributed by atoms with Crippen molar-refractivity contribution >= 4 is 34.5 Å². The molecular formula is C23H23ClFN5O6. The Balaban J connectivity index is 1.19. The number of hydrogen-bond acceptors (Lipinski definition) is 9. The maximum absolute atomic E-state index is 14.9. The zero-order valence-electron chi connectivity index (χ0n) is 18.9. The summed E-state index contributed by atoms with van der Waals surface area (Å²) in [7, 11) is 0. The maximum Gasteiger partial charge on any atom is 0.296 e. The SMILES string of the molecule is NC(=O)COc1cc(F)c2c(c1)CCC2Nc1nc2nc(O[C@@H]3CO[C@H]4[C@@H]3OC[C@H]4O)[nH]c2cc1Cl. The minimum atomic E-state index is -0.673. The van der Waals surface area contributed by atoms with Crippen LogP contribution in [-0.4, -0.2) is 70.2 Å². The van der Waals surface area contributed by atoms with E-state index in [4.69, 9.17) is 36.3 Å². The van der Waals surface area contributed by atoms with Crippen molar-refractivity contribution in [3.05, 3.63) is 40.2 Å². The summed E-state index contributed by atoms with van der Waals surface area (Å²) in [5.41, 5.74) is 7.31. The average molecular weight is 520 g/mol. The van der Waals surface area contributed by atoms with Gasteiger partial charge in [0.2, 0.25) is 0 Å². The van der Waals surface area contributed by atoms with Crippen molar-refractivity contribution in [1.82, 2.24) is 15.0 Å².